The van der Waals surface area contributed by atoms with Crippen LogP contribution < -0.4 is 4.78 Å². The van der Waals surface area contributed by atoms with E-state index in [0.29, 0.717) is 4.78 Å². The number of thiophene rings is 1. The molecule has 0 bridgehead atoms. The van der Waals surface area contributed by atoms with Gasteiger partial charge in [-0.05, 0) is 18.6 Å². The number of benzene rings is 1. The highest BCUT2D eigenvalue weighted by atomic mass is 32.1. The normalized spacial score (nSPS) is 10.3. The molecule has 0 aliphatic carbocycles. The summed E-state index contributed by atoms with van der Waals surface area (Å²) in [6.45, 7) is 2.04. The van der Waals surface area contributed by atoms with E-state index >= 15 is 0 Å². The summed E-state index contributed by atoms with van der Waals surface area (Å²) in [6.07, 6.45) is 0. The maximum atomic E-state index is 8.99. The highest BCUT2D eigenvalue weighted by Crippen LogP contribution is 2.23. The minimum atomic E-state index is -1.37. The molecule has 0 atom stereocenters. The van der Waals surface area contributed by atoms with Crippen LogP contribution in [0, 0.1) is 6.92 Å². The van der Waals surface area contributed by atoms with Gasteiger partial charge in [-0.25, -0.2) is 0 Å². The average molecular weight is 218 g/mol. The van der Waals surface area contributed by atoms with E-state index in [4.69, 9.17) is 10.0 Å². The lowest BCUT2D eigenvalue weighted by Gasteiger charge is -1.97. The van der Waals surface area contributed by atoms with Gasteiger partial charge >= 0.3 is 7.12 Å². The summed E-state index contributed by atoms with van der Waals surface area (Å²) in [5, 5.41) is 18.0. The predicted molar refractivity (Wildman–Crippen MR) is 64.3 cm³/mol. The third-order valence-electron chi connectivity index (χ3n) is 2.22. The molecule has 0 saturated carbocycles. The first-order valence-corrected chi connectivity index (χ1v) is 5.51. The summed E-state index contributed by atoms with van der Waals surface area (Å²) in [6, 6.07) is 11.8. The van der Waals surface area contributed by atoms with E-state index in [1.807, 2.05) is 37.3 Å². The maximum Gasteiger partial charge on any atom is 0.499 e. The summed E-state index contributed by atoms with van der Waals surface area (Å²) < 4.78 is 0.575. The Balaban J connectivity index is 2.33. The third-order valence-corrected chi connectivity index (χ3v) is 3.39. The van der Waals surface area contributed by atoms with Crippen molar-refractivity contribution in [1.82, 2.24) is 0 Å². The van der Waals surface area contributed by atoms with Crippen molar-refractivity contribution >= 4 is 23.2 Å². The molecule has 0 amide bonds. The van der Waals surface area contributed by atoms with Gasteiger partial charge in [0.05, 0.1) is 0 Å². The number of rotatable bonds is 2. The molecule has 2 aromatic rings. The van der Waals surface area contributed by atoms with Crippen LogP contribution in [-0.2, 0) is 0 Å². The molecule has 0 aliphatic heterocycles. The fourth-order valence-corrected chi connectivity index (χ4v) is 2.25. The Morgan fingerprint density at radius 1 is 1.00 bits per heavy atom. The molecule has 0 fully saturated rings. The van der Waals surface area contributed by atoms with Crippen LogP contribution in [0.5, 0.6) is 0 Å². The molecule has 0 aliphatic rings. The second-order valence-corrected chi connectivity index (χ2v) is 4.56. The average Bonchev–Trinajstić information content (AvgIpc) is 2.68. The van der Waals surface area contributed by atoms with E-state index in [1.54, 1.807) is 6.07 Å². The van der Waals surface area contributed by atoms with Crippen LogP contribution >= 0.6 is 11.3 Å². The minimum Gasteiger partial charge on any atom is -0.423 e. The van der Waals surface area contributed by atoms with E-state index in [2.05, 4.69) is 0 Å². The van der Waals surface area contributed by atoms with Gasteiger partial charge in [0.15, 0.2) is 0 Å². The van der Waals surface area contributed by atoms with Crippen LogP contribution in [0.4, 0.5) is 0 Å². The van der Waals surface area contributed by atoms with E-state index in [9.17, 15) is 0 Å². The summed E-state index contributed by atoms with van der Waals surface area (Å²) >= 11 is 1.40. The van der Waals surface area contributed by atoms with Crippen molar-refractivity contribution in [2.75, 3.05) is 0 Å². The van der Waals surface area contributed by atoms with Crippen LogP contribution in [0.2, 0.25) is 0 Å². The van der Waals surface area contributed by atoms with Gasteiger partial charge in [0.1, 0.15) is 0 Å². The fourth-order valence-electron chi connectivity index (χ4n) is 1.36. The van der Waals surface area contributed by atoms with Crippen LogP contribution in [-0.4, -0.2) is 17.2 Å². The highest BCUT2D eigenvalue weighted by molar-refractivity contribution is 7.24. The largest absolute Gasteiger partial charge is 0.499 e. The molecule has 2 N–H and O–H groups in total. The Hall–Kier alpha value is -1.10. The van der Waals surface area contributed by atoms with E-state index in [0.717, 1.165) is 10.4 Å². The molecule has 0 saturated heterocycles. The van der Waals surface area contributed by atoms with Crippen molar-refractivity contribution in [3.05, 3.63) is 42.0 Å². The Kier molecular flexibility index (Phi) is 2.91. The maximum absolute atomic E-state index is 8.99. The number of hydrogen-bond donors (Lipinski definition) is 2. The molecule has 1 aromatic carbocycles. The van der Waals surface area contributed by atoms with Crippen LogP contribution in [0.25, 0.3) is 10.4 Å². The van der Waals surface area contributed by atoms with Gasteiger partial charge in [0, 0.05) is 9.65 Å². The van der Waals surface area contributed by atoms with Gasteiger partial charge in [-0.3, -0.25) is 0 Å². The zero-order valence-electron chi connectivity index (χ0n) is 8.34. The lowest BCUT2D eigenvalue weighted by atomic mass is 9.90. The summed E-state index contributed by atoms with van der Waals surface area (Å²) in [7, 11) is -1.37. The molecular weight excluding hydrogens is 207 g/mol. The fraction of sp³-hybridized carbons (Fsp3) is 0.0909. The van der Waals surface area contributed by atoms with Crippen LogP contribution in [0.15, 0.2) is 36.4 Å². The van der Waals surface area contributed by atoms with Crippen molar-refractivity contribution in [2.45, 2.75) is 6.92 Å². The molecule has 2 rings (SSSR count). The first-order valence-electron chi connectivity index (χ1n) is 4.70. The zero-order valence-corrected chi connectivity index (χ0v) is 9.16. The molecule has 0 spiro atoms. The lowest BCUT2D eigenvalue weighted by Crippen LogP contribution is -2.26. The highest BCUT2D eigenvalue weighted by Gasteiger charge is 2.13. The molecule has 0 radical (unpaired) electrons. The van der Waals surface area contributed by atoms with Crippen LogP contribution in [0.1, 0.15) is 5.56 Å². The van der Waals surface area contributed by atoms with Gasteiger partial charge in [0.2, 0.25) is 0 Å². The molecule has 76 valence electrons. The van der Waals surface area contributed by atoms with Gasteiger partial charge < -0.3 is 10.0 Å². The molecule has 15 heavy (non-hydrogen) atoms. The third kappa shape index (κ3) is 2.29. The van der Waals surface area contributed by atoms with Crippen molar-refractivity contribution < 1.29 is 10.0 Å². The summed E-state index contributed by atoms with van der Waals surface area (Å²) in [5.41, 5.74) is 2.33. The first kappa shape index (κ1) is 10.4. The molecule has 2 nitrogen and oxygen atoms in total. The quantitative estimate of drug-likeness (QED) is 0.748. The van der Waals surface area contributed by atoms with Gasteiger partial charge in [0.25, 0.3) is 0 Å². The Labute approximate surface area is 93.0 Å². The van der Waals surface area contributed by atoms with Crippen molar-refractivity contribution in [3.8, 4) is 10.4 Å². The Morgan fingerprint density at radius 3 is 2.20 bits per heavy atom. The second-order valence-electron chi connectivity index (χ2n) is 3.44. The smallest absolute Gasteiger partial charge is 0.423 e. The monoisotopic (exact) mass is 218 g/mol. The van der Waals surface area contributed by atoms with E-state index < -0.39 is 7.12 Å². The standard InChI is InChI=1S/C11H11BO2S/c1-8-2-4-9(5-3-8)10-6-7-11(15-10)12(13)14/h2-7,13-14H,1H3. The Morgan fingerprint density at radius 2 is 1.67 bits per heavy atom. The van der Waals surface area contributed by atoms with E-state index in [-0.39, 0.29) is 0 Å². The van der Waals surface area contributed by atoms with Crippen LogP contribution in [0.3, 0.4) is 0 Å². The SMILES string of the molecule is Cc1ccc(-c2ccc(B(O)O)s2)cc1. The van der Waals surface area contributed by atoms with Crippen molar-refractivity contribution in [3.63, 3.8) is 0 Å². The van der Waals surface area contributed by atoms with Crippen molar-refractivity contribution in [1.29, 1.82) is 0 Å². The Bertz CT molecular complexity index is 448. The summed E-state index contributed by atoms with van der Waals surface area (Å²) in [5.74, 6) is 0. The molecule has 1 aromatic heterocycles. The predicted octanol–water partition coefficient (Wildman–Crippen LogP) is 1.40. The molecule has 0 unspecified atom stereocenters. The summed E-state index contributed by atoms with van der Waals surface area (Å²) in [4.78, 5) is 1.05. The van der Waals surface area contributed by atoms with Gasteiger partial charge in [-0.2, -0.15) is 0 Å². The topological polar surface area (TPSA) is 40.5 Å². The first-order chi connectivity index (χ1) is 7.16. The van der Waals surface area contributed by atoms with Crippen molar-refractivity contribution in [2.24, 2.45) is 0 Å². The lowest BCUT2D eigenvalue weighted by molar-refractivity contribution is 0.427. The van der Waals surface area contributed by atoms with E-state index in [1.165, 1.54) is 16.9 Å². The molecule has 1 heterocycles. The zero-order chi connectivity index (χ0) is 10.8. The molecular formula is C11H11BO2S. The molecule has 4 heteroatoms. The second kappa shape index (κ2) is 4.19. The number of aryl methyl sites for hydroxylation is 1. The van der Waals surface area contributed by atoms with Gasteiger partial charge in [-0.1, -0.05) is 35.9 Å². The number of hydrogen-bond acceptors (Lipinski definition) is 3. The minimum absolute atomic E-state index is 0.575. The van der Waals surface area contributed by atoms with Gasteiger partial charge in [-0.15, -0.1) is 11.3 Å².